The van der Waals surface area contributed by atoms with Gasteiger partial charge in [-0.25, -0.2) is 0 Å². The molecule has 80 valence electrons. The number of carbonyl (C=O) groups excluding carboxylic acids is 1. The van der Waals surface area contributed by atoms with Gasteiger partial charge in [-0.15, -0.1) is 24.8 Å². The molecule has 2 N–H and O–H groups in total. The molecular formula is C7H16Cl2N2O2. The van der Waals surface area contributed by atoms with Gasteiger partial charge in [0.2, 0.25) is 0 Å². The third-order valence-corrected chi connectivity index (χ3v) is 2.05. The number of methoxy groups -OCH3 is 1. The maximum atomic E-state index is 11.1. The Morgan fingerprint density at radius 3 is 2.38 bits per heavy atom. The Kier molecular flexibility index (Phi) is 7.64. The first-order valence-electron chi connectivity index (χ1n) is 3.68. The van der Waals surface area contributed by atoms with Crippen molar-refractivity contribution in [3.63, 3.8) is 0 Å². The van der Waals surface area contributed by atoms with E-state index in [0.29, 0.717) is 6.42 Å². The molecule has 1 rings (SSSR count). The number of ether oxygens (including phenoxy) is 1. The van der Waals surface area contributed by atoms with Crippen molar-refractivity contribution in [3.05, 3.63) is 0 Å². The molecule has 1 aliphatic heterocycles. The predicted molar refractivity (Wildman–Crippen MR) is 55.5 cm³/mol. The highest BCUT2D eigenvalue weighted by Gasteiger charge is 2.32. The highest BCUT2D eigenvalue weighted by atomic mass is 35.5. The standard InChI is InChI=1S/C7H14N2O2.2ClH/c1-9-4-5(8)3-6(9)7(10)11-2;;/h5-6H,3-4,8H2,1-2H3;2*1H/t5-,6-;;/m0../s1. The third kappa shape index (κ3) is 3.68. The van der Waals surface area contributed by atoms with E-state index in [1.165, 1.54) is 7.11 Å². The minimum Gasteiger partial charge on any atom is -0.468 e. The van der Waals surface area contributed by atoms with E-state index in [0.717, 1.165) is 6.54 Å². The topological polar surface area (TPSA) is 55.6 Å². The van der Waals surface area contributed by atoms with Gasteiger partial charge in [0, 0.05) is 12.6 Å². The molecule has 0 aromatic heterocycles. The van der Waals surface area contributed by atoms with Crippen molar-refractivity contribution in [1.29, 1.82) is 0 Å². The average Bonchev–Trinajstić information content (AvgIpc) is 2.28. The van der Waals surface area contributed by atoms with Crippen LogP contribution in [-0.4, -0.2) is 43.7 Å². The molecule has 0 aliphatic carbocycles. The molecule has 2 atom stereocenters. The maximum absolute atomic E-state index is 11.1. The molecule has 0 aromatic carbocycles. The lowest BCUT2D eigenvalue weighted by molar-refractivity contribution is -0.145. The van der Waals surface area contributed by atoms with Crippen molar-refractivity contribution in [1.82, 2.24) is 4.90 Å². The van der Waals surface area contributed by atoms with Gasteiger partial charge in [-0.3, -0.25) is 9.69 Å². The maximum Gasteiger partial charge on any atom is 0.323 e. The lowest BCUT2D eigenvalue weighted by atomic mass is 10.2. The molecule has 4 nitrogen and oxygen atoms in total. The summed E-state index contributed by atoms with van der Waals surface area (Å²) < 4.78 is 4.62. The minimum absolute atomic E-state index is 0. The number of nitrogens with two attached hydrogens (primary N) is 1. The molecular weight excluding hydrogens is 215 g/mol. The molecule has 1 aliphatic rings. The zero-order chi connectivity index (χ0) is 8.43. The van der Waals surface area contributed by atoms with Crippen LogP contribution in [0.15, 0.2) is 0 Å². The van der Waals surface area contributed by atoms with Gasteiger partial charge in [0.15, 0.2) is 0 Å². The summed E-state index contributed by atoms with van der Waals surface area (Å²) in [6, 6.07) is -0.0147. The SMILES string of the molecule is COC(=O)[C@@H]1C[C@H](N)CN1C.Cl.Cl. The molecule has 0 bridgehead atoms. The summed E-state index contributed by atoms with van der Waals surface area (Å²) in [6.07, 6.45) is 0.711. The molecule has 0 radical (unpaired) electrons. The Morgan fingerprint density at radius 2 is 2.08 bits per heavy atom. The summed E-state index contributed by atoms with van der Waals surface area (Å²) in [4.78, 5) is 13.0. The Morgan fingerprint density at radius 1 is 1.54 bits per heavy atom. The quantitative estimate of drug-likeness (QED) is 0.647. The lowest BCUT2D eigenvalue weighted by Crippen LogP contribution is -2.33. The first-order chi connectivity index (χ1) is 5.15. The second-order valence-corrected chi connectivity index (χ2v) is 2.97. The number of hydrogen-bond donors (Lipinski definition) is 1. The van der Waals surface area contributed by atoms with Gasteiger partial charge in [-0.05, 0) is 13.5 Å². The van der Waals surface area contributed by atoms with E-state index < -0.39 is 0 Å². The van der Waals surface area contributed by atoms with E-state index in [9.17, 15) is 4.79 Å². The zero-order valence-electron chi connectivity index (χ0n) is 7.73. The summed E-state index contributed by atoms with van der Waals surface area (Å²) in [7, 11) is 3.29. The summed E-state index contributed by atoms with van der Waals surface area (Å²) in [5.74, 6) is -0.180. The fraction of sp³-hybridized carbons (Fsp3) is 0.857. The van der Waals surface area contributed by atoms with Crippen molar-refractivity contribution in [3.8, 4) is 0 Å². The monoisotopic (exact) mass is 230 g/mol. The summed E-state index contributed by atoms with van der Waals surface area (Å²) >= 11 is 0. The Hall–Kier alpha value is -0.0300. The number of nitrogens with zero attached hydrogens (tertiary/aromatic N) is 1. The van der Waals surface area contributed by atoms with Gasteiger partial charge in [0.05, 0.1) is 7.11 Å². The van der Waals surface area contributed by atoms with Crippen molar-refractivity contribution in [2.75, 3.05) is 20.7 Å². The van der Waals surface area contributed by atoms with Gasteiger partial charge in [-0.2, -0.15) is 0 Å². The molecule has 13 heavy (non-hydrogen) atoms. The van der Waals surface area contributed by atoms with Crippen molar-refractivity contribution in [2.45, 2.75) is 18.5 Å². The minimum atomic E-state index is -0.180. The van der Waals surface area contributed by atoms with Crippen LogP contribution in [0.1, 0.15) is 6.42 Å². The molecule has 0 spiro atoms. The van der Waals surface area contributed by atoms with Crippen molar-refractivity contribution < 1.29 is 9.53 Å². The second-order valence-electron chi connectivity index (χ2n) is 2.97. The number of carbonyl (C=O) groups is 1. The van der Waals surface area contributed by atoms with Crippen LogP contribution in [0.2, 0.25) is 0 Å². The van der Waals surface area contributed by atoms with Gasteiger partial charge >= 0.3 is 5.97 Å². The van der Waals surface area contributed by atoms with Crippen molar-refractivity contribution >= 4 is 30.8 Å². The van der Waals surface area contributed by atoms with E-state index in [2.05, 4.69) is 4.74 Å². The van der Waals surface area contributed by atoms with Crippen LogP contribution in [-0.2, 0) is 9.53 Å². The second kappa shape index (κ2) is 6.43. The molecule has 1 saturated heterocycles. The Bertz CT molecular complexity index is 169. The van der Waals surface area contributed by atoms with Gasteiger partial charge in [0.25, 0.3) is 0 Å². The summed E-state index contributed by atoms with van der Waals surface area (Å²) in [5, 5.41) is 0. The number of likely N-dealkylation sites (tertiary alicyclic amines) is 1. The number of hydrogen-bond acceptors (Lipinski definition) is 4. The van der Waals surface area contributed by atoms with E-state index >= 15 is 0 Å². The fourth-order valence-electron chi connectivity index (χ4n) is 1.45. The Balaban J connectivity index is 0. The number of likely N-dealkylation sites (N-methyl/N-ethyl adjacent to an activating group) is 1. The molecule has 0 saturated carbocycles. The fourth-order valence-corrected chi connectivity index (χ4v) is 1.45. The third-order valence-electron chi connectivity index (χ3n) is 2.05. The average molecular weight is 231 g/mol. The van der Waals surface area contributed by atoms with Crippen LogP contribution in [0.25, 0.3) is 0 Å². The molecule has 1 heterocycles. The molecule has 0 unspecified atom stereocenters. The van der Waals surface area contributed by atoms with E-state index in [1.54, 1.807) is 0 Å². The molecule has 0 aromatic rings. The number of rotatable bonds is 1. The molecule has 6 heteroatoms. The van der Waals surface area contributed by atoms with Crippen LogP contribution < -0.4 is 5.73 Å². The predicted octanol–water partition coefficient (Wildman–Crippen LogP) is 0.0344. The number of esters is 1. The van der Waals surface area contributed by atoms with E-state index in [1.807, 2.05) is 11.9 Å². The largest absolute Gasteiger partial charge is 0.468 e. The van der Waals surface area contributed by atoms with Crippen LogP contribution >= 0.6 is 24.8 Å². The Labute approximate surface area is 90.6 Å². The van der Waals surface area contributed by atoms with E-state index in [4.69, 9.17) is 5.73 Å². The first-order valence-corrected chi connectivity index (χ1v) is 3.68. The van der Waals surface area contributed by atoms with Crippen LogP contribution in [0.4, 0.5) is 0 Å². The lowest BCUT2D eigenvalue weighted by Gasteiger charge is -2.15. The zero-order valence-corrected chi connectivity index (χ0v) is 9.36. The van der Waals surface area contributed by atoms with Crippen LogP contribution in [0.3, 0.4) is 0 Å². The van der Waals surface area contributed by atoms with Crippen LogP contribution in [0, 0.1) is 0 Å². The summed E-state index contributed by atoms with van der Waals surface area (Å²) in [5.41, 5.74) is 5.66. The van der Waals surface area contributed by atoms with E-state index in [-0.39, 0.29) is 42.9 Å². The highest BCUT2D eigenvalue weighted by Crippen LogP contribution is 2.14. The molecule has 0 amide bonds. The smallest absolute Gasteiger partial charge is 0.323 e. The highest BCUT2D eigenvalue weighted by molar-refractivity contribution is 5.85. The van der Waals surface area contributed by atoms with Gasteiger partial charge in [0.1, 0.15) is 6.04 Å². The summed E-state index contributed by atoms with van der Waals surface area (Å²) in [6.45, 7) is 0.778. The van der Waals surface area contributed by atoms with Crippen LogP contribution in [0.5, 0.6) is 0 Å². The van der Waals surface area contributed by atoms with Crippen molar-refractivity contribution in [2.24, 2.45) is 5.73 Å². The normalized spacial score (nSPS) is 27.3. The molecule has 1 fully saturated rings. The number of halogens is 2. The van der Waals surface area contributed by atoms with Gasteiger partial charge in [-0.1, -0.05) is 0 Å². The van der Waals surface area contributed by atoms with Gasteiger partial charge < -0.3 is 10.5 Å². The first kappa shape index (κ1) is 15.4.